The van der Waals surface area contributed by atoms with Crippen LogP contribution in [0.1, 0.15) is 99.0 Å². The second-order valence-electron chi connectivity index (χ2n) is 15.1. The van der Waals surface area contributed by atoms with E-state index in [1.54, 1.807) is 11.9 Å². The Bertz CT molecular complexity index is 1400. The Kier molecular flexibility index (Phi) is 18.9. The van der Waals surface area contributed by atoms with Crippen LogP contribution < -0.4 is 21.3 Å². The molecule has 296 valence electrons. The van der Waals surface area contributed by atoms with Crippen molar-refractivity contribution in [1.82, 2.24) is 31.1 Å². The van der Waals surface area contributed by atoms with Crippen molar-refractivity contribution < 1.29 is 33.9 Å². The Hall–Kier alpha value is -4.07. The Morgan fingerprint density at radius 1 is 0.830 bits per heavy atom. The zero-order chi connectivity index (χ0) is 39.8. The Labute approximate surface area is 320 Å². The van der Waals surface area contributed by atoms with Crippen LogP contribution in [0.3, 0.4) is 0 Å². The summed E-state index contributed by atoms with van der Waals surface area (Å²) < 4.78 is 0. The molecule has 1 heterocycles. The maximum atomic E-state index is 14.1. The summed E-state index contributed by atoms with van der Waals surface area (Å²) in [6.45, 7) is 14.4. The number of hydrogen-bond donors (Lipinski definition) is 5. The Morgan fingerprint density at radius 2 is 1.45 bits per heavy atom. The van der Waals surface area contributed by atoms with Crippen LogP contribution in [0.5, 0.6) is 0 Å². The van der Waals surface area contributed by atoms with Gasteiger partial charge in [-0.25, -0.2) is 0 Å². The van der Waals surface area contributed by atoms with Crippen LogP contribution in [0.25, 0.3) is 0 Å². The van der Waals surface area contributed by atoms with Gasteiger partial charge in [0, 0.05) is 32.6 Å². The molecule has 6 atom stereocenters. The van der Waals surface area contributed by atoms with Crippen LogP contribution in [0.4, 0.5) is 0 Å². The molecular weight excluding hydrogens is 697 g/mol. The normalized spacial score (nSPS) is 16.2. The number of carboxylic acid groups (broad SMARTS) is 1. The van der Waals surface area contributed by atoms with E-state index in [1.807, 2.05) is 78.8 Å². The number of nitrogens with one attached hydrogen (secondary N) is 4. The van der Waals surface area contributed by atoms with Crippen LogP contribution in [0.2, 0.25) is 0 Å². The third-order valence-electron chi connectivity index (χ3n) is 9.67. The first kappa shape index (κ1) is 45.1. The van der Waals surface area contributed by atoms with Crippen molar-refractivity contribution in [3.05, 3.63) is 35.9 Å². The molecular formula is C39H62N6O7S. The first-order valence-corrected chi connectivity index (χ1v) is 19.4. The number of rotatable bonds is 21. The summed E-state index contributed by atoms with van der Waals surface area (Å²) in [5, 5.41) is 21.0. The minimum atomic E-state index is -1.26. The lowest BCUT2D eigenvalue weighted by molar-refractivity contribution is -0.142. The highest BCUT2D eigenvalue weighted by molar-refractivity contribution is 7.80. The number of benzene rings is 1. The number of carboxylic acids is 1. The number of likely N-dealkylation sites (N-methyl/N-ethyl adjacent to an activating group) is 1. The fourth-order valence-corrected chi connectivity index (χ4v) is 6.89. The summed E-state index contributed by atoms with van der Waals surface area (Å²) in [6, 6.07) is 5.10. The lowest BCUT2D eigenvalue weighted by Crippen LogP contribution is -2.60. The zero-order valence-corrected chi connectivity index (χ0v) is 33.6. The predicted molar refractivity (Wildman–Crippen MR) is 209 cm³/mol. The minimum absolute atomic E-state index is 0.0677. The molecule has 1 aliphatic heterocycles. The second-order valence-corrected chi connectivity index (χ2v) is 15.5. The van der Waals surface area contributed by atoms with Crippen molar-refractivity contribution in [3.63, 3.8) is 0 Å². The van der Waals surface area contributed by atoms with E-state index < -0.39 is 54.3 Å². The molecule has 0 saturated carbocycles. The number of hydrogen-bond acceptors (Lipinski definition) is 7. The number of amides is 5. The van der Waals surface area contributed by atoms with E-state index in [0.717, 1.165) is 18.4 Å². The molecule has 0 bridgehead atoms. The lowest BCUT2D eigenvalue weighted by atomic mass is 9.95. The Morgan fingerprint density at radius 3 is 2.00 bits per heavy atom. The highest BCUT2D eigenvalue weighted by Crippen LogP contribution is 2.17. The van der Waals surface area contributed by atoms with E-state index in [9.17, 15) is 33.9 Å². The molecule has 5 N–H and O–H groups in total. The molecule has 1 aliphatic rings. The number of carbonyl (C=O) groups excluding carboxylic acids is 5. The Balaban J connectivity index is 2.31. The summed E-state index contributed by atoms with van der Waals surface area (Å²) in [5.41, 5.74) is 1.01. The van der Waals surface area contributed by atoms with Crippen LogP contribution in [-0.4, -0.2) is 106 Å². The number of likely N-dealkylation sites (tertiary alicyclic amines) is 1. The van der Waals surface area contributed by atoms with Crippen molar-refractivity contribution in [2.45, 2.75) is 130 Å². The second kappa shape index (κ2) is 22.2. The monoisotopic (exact) mass is 758 g/mol. The van der Waals surface area contributed by atoms with Crippen molar-refractivity contribution in [2.24, 2.45) is 17.8 Å². The molecule has 2 rings (SSSR count). The summed E-state index contributed by atoms with van der Waals surface area (Å²) in [5.74, 6) is -3.66. The lowest BCUT2D eigenvalue weighted by Gasteiger charge is -2.33. The van der Waals surface area contributed by atoms with Crippen molar-refractivity contribution in [2.75, 3.05) is 20.1 Å². The average Bonchev–Trinajstić information content (AvgIpc) is 3.64. The first-order valence-electron chi connectivity index (χ1n) is 19.0. The van der Waals surface area contributed by atoms with Crippen LogP contribution >= 0.6 is 12.2 Å². The third kappa shape index (κ3) is 15.1. The van der Waals surface area contributed by atoms with Gasteiger partial charge in [0.2, 0.25) is 29.5 Å². The topological polar surface area (TPSA) is 177 Å². The molecule has 14 heteroatoms. The van der Waals surface area contributed by atoms with Crippen molar-refractivity contribution >= 4 is 52.7 Å². The maximum Gasteiger partial charge on any atom is 0.305 e. The van der Waals surface area contributed by atoms with Gasteiger partial charge in [0.05, 0.1) is 23.9 Å². The molecule has 1 saturated heterocycles. The summed E-state index contributed by atoms with van der Waals surface area (Å²) in [4.78, 5) is 82.7. The van der Waals surface area contributed by atoms with E-state index in [1.165, 1.54) is 4.90 Å². The number of aryl methyl sites for hydroxylation is 1. The first-order chi connectivity index (χ1) is 24.9. The molecule has 1 aromatic rings. The fourth-order valence-electron chi connectivity index (χ4n) is 6.60. The number of aliphatic carboxylic acids is 1. The van der Waals surface area contributed by atoms with Gasteiger partial charge in [-0.05, 0) is 55.9 Å². The standard InChI is InChI=1S/C39H62N6O7S/c1-9-26(6)34(43-38(52)35(25(4)5)44(8)31(46)18-17-28-15-11-10-12-16-28)37(51)41-30(22-32(47)45-19-13-14-20-45)39(53)42-29(23-33(48)49)36(50)40-27(7)21-24(2)3/h10-12,15-16,24-27,29-30,34-35H,9,13-14,17-23H2,1-8H3,(H,40,50)(H,41,51)(H,42,53)(H,43,52)(H,48,49)/t26-,27?,29-,30-,34-,35-/m0/s1. The average molecular weight is 759 g/mol. The SMILES string of the molecule is CC[C@H](C)[C@H](NC(=O)[C@H](C(C)C)N(C)C(=O)CCc1ccccc1)C(=O)N[C@@H](CC(=O)N1CCCC1)C(=S)N[C@@H](CC(=O)O)C(=O)NC(C)CC(C)C. The van der Waals surface area contributed by atoms with Gasteiger partial charge in [-0.2, -0.15) is 0 Å². The third-order valence-corrected chi connectivity index (χ3v) is 10.1. The quantitative estimate of drug-likeness (QED) is 0.118. The van der Waals surface area contributed by atoms with E-state index in [-0.39, 0.29) is 47.5 Å². The summed E-state index contributed by atoms with van der Waals surface area (Å²) in [7, 11) is 1.59. The predicted octanol–water partition coefficient (Wildman–Crippen LogP) is 3.44. The smallest absolute Gasteiger partial charge is 0.305 e. The highest BCUT2D eigenvalue weighted by Gasteiger charge is 2.36. The van der Waals surface area contributed by atoms with Crippen LogP contribution in [-0.2, 0) is 35.2 Å². The van der Waals surface area contributed by atoms with Gasteiger partial charge < -0.3 is 36.2 Å². The van der Waals surface area contributed by atoms with Crippen LogP contribution in [0, 0.1) is 17.8 Å². The minimum Gasteiger partial charge on any atom is -0.481 e. The highest BCUT2D eigenvalue weighted by atomic mass is 32.1. The molecule has 0 aliphatic carbocycles. The fraction of sp³-hybridized carbons (Fsp3) is 0.667. The summed E-state index contributed by atoms with van der Waals surface area (Å²) in [6.07, 6.45) is 2.82. The molecule has 0 radical (unpaired) electrons. The van der Waals surface area contributed by atoms with E-state index in [0.29, 0.717) is 38.3 Å². The number of nitrogens with zero attached hydrogens (tertiary/aromatic N) is 2. The number of carbonyl (C=O) groups is 6. The van der Waals surface area contributed by atoms with Gasteiger partial charge in [-0.3, -0.25) is 28.8 Å². The molecule has 1 unspecified atom stereocenters. The van der Waals surface area contributed by atoms with Gasteiger partial charge in [-0.1, -0.05) is 90.5 Å². The van der Waals surface area contributed by atoms with Crippen LogP contribution in [0.15, 0.2) is 30.3 Å². The van der Waals surface area contributed by atoms with E-state index >= 15 is 0 Å². The maximum absolute atomic E-state index is 14.1. The van der Waals surface area contributed by atoms with Gasteiger partial charge in [0.15, 0.2) is 0 Å². The molecule has 1 fully saturated rings. The molecule has 0 aromatic heterocycles. The zero-order valence-electron chi connectivity index (χ0n) is 32.8. The van der Waals surface area contributed by atoms with E-state index in [2.05, 4.69) is 21.3 Å². The molecule has 5 amide bonds. The van der Waals surface area contributed by atoms with Gasteiger partial charge >= 0.3 is 5.97 Å². The van der Waals surface area contributed by atoms with Crippen molar-refractivity contribution in [1.29, 1.82) is 0 Å². The number of thiocarbonyl (C=S) groups is 1. The van der Waals surface area contributed by atoms with Gasteiger partial charge in [0.1, 0.15) is 18.1 Å². The van der Waals surface area contributed by atoms with Gasteiger partial charge in [-0.15, -0.1) is 0 Å². The van der Waals surface area contributed by atoms with E-state index in [4.69, 9.17) is 12.2 Å². The molecule has 53 heavy (non-hydrogen) atoms. The van der Waals surface area contributed by atoms with Gasteiger partial charge in [0.25, 0.3) is 0 Å². The summed E-state index contributed by atoms with van der Waals surface area (Å²) >= 11 is 5.69. The molecule has 0 spiro atoms. The molecule has 13 nitrogen and oxygen atoms in total. The van der Waals surface area contributed by atoms with Crippen molar-refractivity contribution in [3.8, 4) is 0 Å². The molecule has 1 aromatic carbocycles. The largest absolute Gasteiger partial charge is 0.481 e.